The van der Waals surface area contributed by atoms with E-state index in [4.69, 9.17) is 5.73 Å². The van der Waals surface area contributed by atoms with E-state index in [1.807, 2.05) is 13.8 Å². The van der Waals surface area contributed by atoms with E-state index in [2.05, 4.69) is 19.3 Å². The topological polar surface area (TPSA) is 77.6 Å². The van der Waals surface area contributed by atoms with Gasteiger partial charge in [-0.15, -0.1) is 0 Å². The van der Waals surface area contributed by atoms with E-state index in [-0.39, 0.29) is 0 Å². The maximum atomic E-state index is 5.72. The van der Waals surface area contributed by atoms with Crippen LogP contribution >= 0.6 is 23.3 Å². The van der Waals surface area contributed by atoms with Gasteiger partial charge in [-0.3, -0.25) is 0 Å². The van der Waals surface area contributed by atoms with Crippen LogP contribution < -0.4 is 5.73 Å². The van der Waals surface area contributed by atoms with Crippen molar-refractivity contribution >= 4 is 29.1 Å². The average molecular weight is 267 g/mol. The minimum Gasteiger partial charge on any atom is -0.384 e. The zero-order valence-corrected chi connectivity index (χ0v) is 11.3. The Morgan fingerprint density at radius 3 is 2.59 bits per heavy atom. The molecule has 5 nitrogen and oxygen atoms in total. The van der Waals surface area contributed by atoms with E-state index in [0.717, 1.165) is 33.9 Å². The van der Waals surface area contributed by atoms with Crippen molar-refractivity contribution in [3.8, 4) is 0 Å². The first kappa shape index (κ1) is 12.3. The Kier molecular flexibility index (Phi) is 3.90. The molecule has 0 bridgehead atoms. The predicted octanol–water partition coefficient (Wildman–Crippen LogP) is 2.19. The summed E-state index contributed by atoms with van der Waals surface area (Å²) in [7, 11) is 0. The van der Waals surface area contributed by atoms with Crippen LogP contribution in [0.3, 0.4) is 0 Å². The average Bonchev–Trinajstić information content (AvgIpc) is 2.76. The molecule has 0 amide bonds. The molecular weight excluding hydrogens is 254 g/mol. The van der Waals surface area contributed by atoms with Crippen molar-refractivity contribution in [3.05, 3.63) is 17.7 Å². The highest BCUT2D eigenvalue weighted by Crippen LogP contribution is 2.28. The van der Waals surface area contributed by atoms with Crippen molar-refractivity contribution in [1.82, 2.24) is 19.3 Å². The molecule has 0 saturated carbocycles. The number of aromatic nitrogens is 4. The summed E-state index contributed by atoms with van der Waals surface area (Å²) in [5.74, 6) is 2.13. The smallest absolute Gasteiger partial charge is 0.176 e. The molecule has 90 valence electrons. The van der Waals surface area contributed by atoms with Crippen molar-refractivity contribution in [3.63, 3.8) is 0 Å². The first-order valence-electron chi connectivity index (χ1n) is 5.35. The van der Waals surface area contributed by atoms with Gasteiger partial charge in [-0.25, -0.2) is 15.0 Å². The lowest BCUT2D eigenvalue weighted by atomic mass is 10.4. The highest BCUT2D eigenvalue weighted by atomic mass is 32.2. The Labute approximate surface area is 108 Å². The molecule has 0 fully saturated rings. The van der Waals surface area contributed by atoms with Gasteiger partial charge in [0.15, 0.2) is 4.34 Å². The van der Waals surface area contributed by atoms with Gasteiger partial charge in [-0.2, -0.15) is 4.37 Å². The minimum atomic E-state index is 0.500. The summed E-state index contributed by atoms with van der Waals surface area (Å²) in [4.78, 5) is 12.9. The second-order valence-electron chi connectivity index (χ2n) is 3.33. The molecule has 17 heavy (non-hydrogen) atoms. The molecule has 0 radical (unpaired) electrons. The van der Waals surface area contributed by atoms with Crippen LogP contribution in [-0.2, 0) is 12.8 Å². The Bertz CT molecular complexity index is 511. The maximum absolute atomic E-state index is 5.72. The van der Waals surface area contributed by atoms with Gasteiger partial charge in [0.1, 0.15) is 22.5 Å². The number of nitrogens with zero attached hydrogens (tertiary/aromatic N) is 4. The van der Waals surface area contributed by atoms with Crippen LogP contribution in [0, 0.1) is 0 Å². The molecular formula is C10H13N5S2. The van der Waals surface area contributed by atoms with Crippen LogP contribution in [0.2, 0.25) is 0 Å². The maximum Gasteiger partial charge on any atom is 0.176 e. The number of nitrogen functional groups attached to an aromatic ring is 1. The molecule has 0 aliphatic rings. The summed E-state index contributed by atoms with van der Waals surface area (Å²) in [6, 6.07) is 1.76. The summed E-state index contributed by atoms with van der Waals surface area (Å²) in [6.45, 7) is 4.04. The van der Waals surface area contributed by atoms with Gasteiger partial charge in [0.25, 0.3) is 0 Å². The highest BCUT2D eigenvalue weighted by molar-refractivity contribution is 8.00. The zero-order valence-electron chi connectivity index (χ0n) is 9.67. The Hall–Kier alpha value is -1.21. The molecule has 0 unspecified atom stereocenters. The van der Waals surface area contributed by atoms with Crippen LogP contribution in [0.5, 0.6) is 0 Å². The first-order chi connectivity index (χ1) is 8.21. The lowest BCUT2D eigenvalue weighted by Gasteiger charge is -2.01. The third kappa shape index (κ3) is 3.13. The van der Waals surface area contributed by atoms with E-state index in [1.54, 1.807) is 6.07 Å². The van der Waals surface area contributed by atoms with E-state index >= 15 is 0 Å². The first-order valence-corrected chi connectivity index (χ1v) is 6.94. The number of hydrogen-bond donors (Lipinski definition) is 1. The van der Waals surface area contributed by atoms with Gasteiger partial charge in [-0.05, 0) is 23.3 Å². The molecule has 2 rings (SSSR count). The Morgan fingerprint density at radius 2 is 1.94 bits per heavy atom. The summed E-state index contributed by atoms with van der Waals surface area (Å²) >= 11 is 2.87. The predicted molar refractivity (Wildman–Crippen MR) is 69.2 cm³/mol. The van der Waals surface area contributed by atoms with E-state index < -0.39 is 0 Å². The summed E-state index contributed by atoms with van der Waals surface area (Å²) < 4.78 is 5.12. The van der Waals surface area contributed by atoms with Gasteiger partial charge >= 0.3 is 0 Å². The van der Waals surface area contributed by atoms with Crippen LogP contribution in [0.4, 0.5) is 5.82 Å². The molecule has 2 heterocycles. The number of nitrogens with two attached hydrogens (primary N) is 1. The second kappa shape index (κ2) is 5.42. The fraction of sp³-hybridized carbons (Fsp3) is 0.400. The van der Waals surface area contributed by atoms with E-state index in [9.17, 15) is 0 Å². The lowest BCUT2D eigenvalue weighted by molar-refractivity contribution is 0.893. The van der Waals surface area contributed by atoms with Gasteiger partial charge < -0.3 is 5.73 Å². The second-order valence-corrected chi connectivity index (χ2v) is 5.35. The van der Waals surface area contributed by atoms with Crippen molar-refractivity contribution < 1.29 is 0 Å². The van der Waals surface area contributed by atoms with Crippen molar-refractivity contribution in [2.24, 2.45) is 0 Å². The normalized spacial score (nSPS) is 10.7. The largest absolute Gasteiger partial charge is 0.384 e. The van der Waals surface area contributed by atoms with Crippen LogP contribution in [0.1, 0.15) is 25.5 Å². The van der Waals surface area contributed by atoms with E-state index in [1.165, 1.54) is 23.3 Å². The molecule has 0 saturated heterocycles. The zero-order chi connectivity index (χ0) is 12.3. The van der Waals surface area contributed by atoms with Crippen LogP contribution in [0.15, 0.2) is 15.4 Å². The molecule has 2 N–H and O–H groups in total. The Morgan fingerprint density at radius 1 is 1.18 bits per heavy atom. The summed E-state index contributed by atoms with van der Waals surface area (Å²) in [6.07, 6.45) is 1.62. The van der Waals surface area contributed by atoms with Crippen molar-refractivity contribution in [2.75, 3.05) is 5.73 Å². The molecule has 0 aliphatic carbocycles. The number of aryl methyl sites for hydroxylation is 2. The monoisotopic (exact) mass is 267 g/mol. The number of anilines is 1. The molecule has 0 spiro atoms. The van der Waals surface area contributed by atoms with Crippen molar-refractivity contribution in [1.29, 1.82) is 0 Å². The molecule has 0 aliphatic heterocycles. The lowest BCUT2D eigenvalue weighted by Crippen LogP contribution is -1.99. The standard InChI is InChI=1S/C10H13N5S2/c1-3-7-12-6(11)5-9(13-7)16-10-14-8(4-2)15-17-10/h5H,3-4H2,1-2H3,(H2,11,12,13). The van der Waals surface area contributed by atoms with Crippen molar-refractivity contribution in [2.45, 2.75) is 36.1 Å². The molecule has 2 aromatic heterocycles. The highest BCUT2D eigenvalue weighted by Gasteiger charge is 2.07. The fourth-order valence-electron chi connectivity index (χ4n) is 1.22. The minimum absolute atomic E-state index is 0.500. The number of rotatable bonds is 4. The van der Waals surface area contributed by atoms with Gasteiger partial charge in [-0.1, -0.05) is 13.8 Å². The van der Waals surface area contributed by atoms with Crippen LogP contribution in [0.25, 0.3) is 0 Å². The number of hydrogen-bond acceptors (Lipinski definition) is 7. The molecule has 0 atom stereocenters. The SMILES string of the molecule is CCc1nc(N)cc(Sc2nc(CC)ns2)n1. The molecule has 0 aromatic carbocycles. The van der Waals surface area contributed by atoms with Gasteiger partial charge in [0.05, 0.1) is 0 Å². The quantitative estimate of drug-likeness (QED) is 0.856. The molecule has 7 heteroatoms. The van der Waals surface area contributed by atoms with E-state index in [0.29, 0.717) is 5.82 Å². The van der Waals surface area contributed by atoms with Gasteiger partial charge in [0.2, 0.25) is 0 Å². The third-order valence-corrected chi connectivity index (χ3v) is 3.75. The molecule has 2 aromatic rings. The summed E-state index contributed by atoms with van der Waals surface area (Å²) in [5, 5.41) is 0.827. The third-order valence-electron chi connectivity index (χ3n) is 2.04. The summed E-state index contributed by atoms with van der Waals surface area (Å²) in [5.41, 5.74) is 5.72. The fourth-order valence-corrected chi connectivity index (χ4v) is 2.89. The van der Waals surface area contributed by atoms with Crippen LogP contribution in [-0.4, -0.2) is 19.3 Å². The van der Waals surface area contributed by atoms with Gasteiger partial charge in [0, 0.05) is 18.9 Å². The Balaban J connectivity index is 2.20.